The molecule has 0 unspecified atom stereocenters. The van der Waals surface area contributed by atoms with Gasteiger partial charge in [0.2, 0.25) is 0 Å². The number of nitrogens with zero attached hydrogens (tertiary/aromatic N) is 7. The molecule has 2 N–H and O–H groups in total. The van der Waals surface area contributed by atoms with E-state index in [-0.39, 0.29) is 60.1 Å². The van der Waals surface area contributed by atoms with Crippen LogP contribution in [0.25, 0.3) is 0 Å². The van der Waals surface area contributed by atoms with Crippen molar-refractivity contribution >= 4 is 40.6 Å². The molecule has 3 aromatic rings. The topological polar surface area (TPSA) is 115 Å². The van der Waals surface area contributed by atoms with Gasteiger partial charge in [0.15, 0.2) is 5.69 Å². The predicted octanol–water partition coefficient (Wildman–Crippen LogP) is 5.46. The largest absolute Gasteiger partial charge is 0.461 e. The summed E-state index contributed by atoms with van der Waals surface area (Å²) in [5.74, 6) is 0.149. The lowest BCUT2D eigenvalue weighted by Crippen LogP contribution is -2.43. The first kappa shape index (κ1) is 34.1. The molecule has 6 heterocycles. The van der Waals surface area contributed by atoms with E-state index in [2.05, 4.69) is 10.00 Å². The first-order valence-corrected chi connectivity index (χ1v) is 16.9. The molecule has 1 aromatic carbocycles. The van der Waals surface area contributed by atoms with E-state index in [0.29, 0.717) is 55.2 Å². The Balaban J connectivity index is 1.27. The van der Waals surface area contributed by atoms with E-state index in [9.17, 15) is 22.4 Å². The molecule has 2 saturated heterocycles. The zero-order valence-corrected chi connectivity index (χ0v) is 28.5. The number of anilines is 2. The molecule has 0 bridgehead atoms. The van der Waals surface area contributed by atoms with Crippen LogP contribution in [0.15, 0.2) is 12.1 Å². The summed E-state index contributed by atoms with van der Waals surface area (Å²) in [6, 6.07) is 2.34. The molecule has 4 aliphatic heterocycles. The van der Waals surface area contributed by atoms with Crippen molar-refractivity contribution < 1.29 is 31.8 Å². The average Bonchev–Trinajstić information content (AvgIpc) is 3.60. The number of aromatic nitrogens is 4. The van der Waals surface area contributed by atoms with Gasteiger partial charge in [-0.1, -0.05) is 23.2 Å². The number of fused-ring (bicyclic) bond motifs is 3. The Morgan fingerprint density at radius 3 is 2.73 bits per heavy atom. The lowest BCUT2D eigenvalue weighted by atomic mass is 9.94. The molecule has 7 rings (SSSR count). The van der Waals surface area contributed by atoms with Gasteiger partial charge in [-0.25, -0.2) is 4.39 Å². The molecule has 4 aliphatic rings. The zero-order chi connectivity index (χ0) is 34.8. The second-order valence-electron chi connectivity index (χ2n) is 13.4. The van der Waals surface area contributed by atoms with Crippen LogP contribution in [0.5, 0.6) is 6.01 Å². The fourth-order valence-electron chi connectivity index (χ4n) is 7.62. The molecule has 17 heteroatoms. The first-order chi connectivity index (χ1) is 23.2. The lowest BCUT2D eigenvalue weighted by Gasteiger charge is -2.33. The normalized spacial score (nSPS) is 24.0. The number of amides is 1. The second-order valence-corrected chi connectivity index (χ2v) is 14.2. The van der Waals surface area contributed by atoms with Crippen LogP contribution in [0, 0.1) is 0 Å². The third kappa shape index (κ3) is 6.27. The number of rotatable bonds is 6. The van der Waals surface area contributed by atoms with Gasteiger partial charge in [0, 0.05) is 57.8 Å². The van der Waals surface area contributed by atoms with Gasteiger partial charge in [-0.3, -0.25) is 14.4 Å². The molecule has 2 aromatic heterocycles. The van der Waals surface area contributed by atoms with Gasteiger partial charge >= 0.3 is 12.2 Å². The maximum absolute atomic E-state index is 14.5. The molecule has 11 nitrogen and oxygen atoms in total. The Bertz CT molecular complexity index is 1790. The highest BCUT2D eigenvalue weighted by atomic mass is 35.5. The maximum Gasteiger partial charge on any atom is 0.418 e. The number of carbonyl (C=O) groups excluding carboxylic acids is 1. The molecule has 3 atom stereocenters. The number of hydrogen-bond acceptors (Lipinski definition) is 9. The highest BCUT2D eigenvalue weighted by Crippen LogP contribution is 2.45. The van der Waals surface area contributed by atoms with Crippen molar-refractivity contribution in [1.29, 1.82) is 0 Å². The number of aryl methyl sites for hydroxylation is 1. The third-order valence-electron chi connectivity index (χ3n) is 9.90. The summed E-state index contributed by atoms with van der Waals surface area (Å²) in [7, 11) is 3.24. The quantitative estimate of drug-likeness (QED) is 0.261. The van der Waals surface area contributed by atoms with Crippen molar-refractivity contribution in [3.63, 3.8) is 0 Å². The van der Waals surface area contributed by atoms with Crippen molar-refractivity contribution in [2.45, 2.75) is 75.8 Å². The molecule has 0 saturated carbocycles. The Morgan fingerprint density at radius 2 is 1.98 bits per heavy atom. The fourth-order valence-corrected chi connectivity index (χ4v) is 8.24. The van der Waals surface area contributed by atoms with E-state index < -0.39 is 34.6 Å². The maximum atomic E-state index is 14.5. The van der Waals surface area contributed by atoms with Gasteiger partial charge in [-0.2, -0.15) is 28.2 Å². The summed E-state index contributed by atoms with van der Waals surface area (Å²) in [6.07, 6.45) is -4.13. The van der Waals surface area contributed by atoms with Crippen molar-refractivity contribution in [1.82, 2.24) is 29.5 Å². The highest BCUT2D eigenvalue weighted by molar-refractivity contribution is 6.34. The van der Waals surface area contributed by atoms with Crippen LogP contribution < -0.4 is 15.4 Å². The summed E-state index contributed by atoms with van der Waals surface area (Å²) in [5, 5.41) is 4.22. The SMILES string of the molecule is CN(C)C(=O)c1nn2c(c1Cl)CN(c1nc(OC[C@@]34CCCN3C[C@H](F)C4)nc3c1CO[C@H](c1cc(N)cc(Cl)c1C(F)(F)F)C3)CCC2. The molecular weight excluding hydrogens is 691 g/mol. The summed E-state index contributed by atoms with van der Waals surface area (Å²) in [4.78, 5) is 27.8. The van der Waals surface area contributed by atoms with E-state index in [1.807, 2.05) is 4.90 Å². The predicted molar refractivity (Wildman–Crippen MR) is 174 cm³/mol. The van der Waals surface area contributed by atoms with Gasteiger partial charge in [0.25, 0.3) is 5.91 Å². The van der Waals surface area contributed by atoms with Crippen LogP contribution in [0.2, 0.25) is 10.0 Å². The Labute approximate surface area is 290 Å². The second kappa shape index (κ2) is 12.7. The van der Waals surface area contributed by atoms with E-state index in [4.69, 9.17) is 48.4 Å². The standard InChI is InChI=1S/C32H36Cl2F4N8O3/c1-43(2)29(47)27-26(34)23-14-44(6-4-8-46(23)42-27)28-20-15-48-24(19-9-18(39)10-21(33)25(19)32(36,37)38)11-22(20)40-30(41-28)49-16-31-5-3-7-45(31)13-17(35)12-31/h9-10,17,24H,3-8,11-16,39H2,1-2H3/t17-,24+,31+/m1/s1. The number of ether oxygens (including phenoxy) is 2. The van der Waals surface area contributed by atoms with Crippen LogP contribution in [-0.4, -0.2) is 87.5 Å². The van der Waals surface area contributed by atoms with Crippen LogP contribution in [0.3, 0.4) is 0 Å². The summed E-state index contributed by atoms with van der Waals surface area (Å²) in [5.41, 5.74) is 6.16. The average molecular weight is 728 g/mol. The molecule has 0 radical (unpaired) electrons. The van der Waals surface area contributed by atoms with Crippen molar-refractivity contribution in [3.05, 3.63) is 56.0 Å². The van der Waals surface area contributed by atoms with Crippen LogP contribution in [-0.2, 0) is 37.0 Å². The van der Waals surface area contributed by atoms with Crippen LogP contribution in [0.1, 0.15) is 70.4 Å². The van der Waals surface area contributed by atoms with Crippen LogP contribution >= 0.6 is 23.2 Å². The van der Waals surface area contributed by atoms with Gasteiger partial charge in [0.05, 0.1) is 51.8 Å². The zero-order valence-electron chi connectivity index (χ0n) is 27.0. The molecule has 49 heavy (non-hydrogen) atoms. The summed E-state index contributed by atoms with van der Waals surface area (Å²) >= 11 is 12.8. The molecule has 264 valence electrons. The molecule has 0 spiro atoms. The van der Waals surface area contributed by atoms with Gasteiger partial charge < -0.3 is 25.0 Å². The first-order valence-electron chi connectivity index (χ1n) is 16.2. The van der Waals surface area contributed by atoms with Gasteiger partial charge in [0.1, 0.15) is 18.6 Å². The monoisotopic (exact) mass is 726 g/mol. The summed E-state index contributed by atoms with van der Waals surface area (Å²) in [6.45, 7) is 2.46. The van der Waals surface area contributed by atoms with Crippen LogP contribution in [0.4, 0.5) is 29.1 Å². The number of hydrogen-bond donors (Lipinski definition) is 1. The molecule has 1 amide bonds. The lowest BCUT2D eigenvalue weighted by molar-refractivity contribution is -0.139. The number of benzene rings is 1. The van der Waals surface area contributed by atoms with E-state index in [1.54, 1.807) is 18.8 Å². The minimum absolute atomic E-state index is 0.0342. The van der Waals surface area contributed by atoms with Gasteiger partial charge in [-0.05, 0) is 43.5 Å². The molecular formula is C32H36Cl2F4N8O3. The van der Waals surface area contributed by atoms with E-state index in [1.165, 1.54) is 11.0 Å². The Morgan fingerprint density at radius 1 is 1.18 bits per heavy atom. The number of carbonyl (C=O) groups is 1. The number of nitrogens with two attached hydrogens (primary N) is 1. The van der Waals surface area contributed by atoms with Gasteiger partial charge in [-0.15, -0.1) is 0 Å². The minimum Gasteiger partial charge on any atom is -0.461 e. The van der Waals surface area contributed by atoms with Crippen molar-refractivity contribution in [2.75, 3.05) is 51.0 Å². The van der Waals surface area contributed by atoms with Crippen molar-refractivity contribution in [2.24, 2.45) is 0 Å². The van der Waals surface area contributed by atoms with E-state index in [0.717, 1.165) is 25.5 Å². The number of halogens is 6. The number of nitrogen functional groups attached to an aromatic ring is 1. The minimum atomic E-state index is -4.75. The smallest absolute Gasteiger partial charge is 0.418 e. The third-order valence-corrected chi connectivity index (χ3v) is 10.6. The summed E-state index contributed by atoms with van der Waals surface area (Å²) < 4.78 is 71.3. The Kier molecular flexibility index (Phi) is 8.85. The van der Waals surface area contributed by atoms with E-state index >= 15 is 0 Å². The molecule has 0 aliphatic carbocycles. The Hall–Kier alpha value is -3.40. The fraction of sp³-hybridized carbons (Fsp3) is 0.562. The number of alkyl halides is 4. The highest BCUT2D eigenvalue weighted by Gasteiger charge is 2.49. The molecule has 2 fully saturated rings. The van der Waals surface area contributed by atoms with Crippen molar-refractivity contribution in [3.8, 4) is 6.01 Å².